The molecule has 0 heterocycles. The average Bonchev–Trinajstić information content (AvgIpc) is 2.42. The molecule has 0 bridgehead atoms. The van der Waals surface area contributed by atoms with Gasteiger partial charge in [0.15, 0.2) is 0 Å². The highest BCUT2D eigenvalue weighted by Crippen LogP contribution is 2.20. The highest BCUT2D eigenvalue weighted by Gasteiger charge is 2.15. The molecule has 1 N–H and O–H groups in total. The van der Waals surface area contributed by atoms with Crippen LogP contribution in [0.4, 0.5) is 4.79 Å². The highest BCUT2D eigenvalue weighted by molar-refractivity contribution is 9.10. The topological polar surface area (TPSA) is 64.6 Å². The van der Waals surface area contributed by atoms with Gasteiger partial charge in [0.2, 0.25) is 0 Å². The number of carbonyl (C=O) groups is 2. The van der Waals surface area contributed by atoms with E-state index in [1.807, 2.05) is 26.8 Å². The molecule has 0 aliphatic heterocycles. The van der Waals surface area contributed by atoms with Crippen LogP contribution in [-0.2, 0) is 9.47 Å². The second-order valence-corrected chi connectivity index (χ2v) is 6.37. The fourth-order valence-corrected chi connectivity index (χ4v) is 2.06. The van der Waals surface area contributed by atoms with Gasteiger partial charge in [-0.3, -0.25) is 0 Å². The van der Waals surface area contributed by atoms with Gasteiger partial charge in [0, 0.05) is 11.0 Å². The minimum absolute atomic E-state index is 0.347. The molecule has 0 fully saturated rings. The SMILES string of the molecule is COC(=O)c1ccc(C=CCNC(=O)OC(C)(C)C)c(Br)c1. The molecule has 5 nitrogen and oxygen atoms in total. The van der Waals surface area contributed by atoms with E-state index in [-0.39, 0.29) is 5.97 Å². The number of alkyl carbamates (subject to hydrolysis) is 1. The summed E-state index contributed by atoms with van der Waals surface area (Å²) in [6.45, 7) is 5.77. The van der Waals surface area contributed by atoms with Crippen molar-refractivity contribution >= 4 is 34.1 Å². The van der Waals surface area contributed by atoms with Crippen LogP contribution in [0.25, 0.3) is 6.08 Å². The zero-order valence-corrected chi connectivity index (χ0v) is 14.7. The fourth-order valence-electron chi connectivity index (χ4n) is 1.55. The largest absolute Gasteiger partial charge is 0.465 e. The van der Waals surface area contributed by atoms with Crippen molar-refractivity contribution in [2.45, 2.75) is 26.4 Å². The number of hydrogen-bond acceptors (Lipinski definition) is 4. The molecular weight excluding hydrogens is 350 g/mol. The molecule has 1 amide bonds. The Morgan fingerprint density at radius 3 is 2.55 bits per heavy atom. The summed E-state index contributed by atoms with van der Waals surface area (Å²) in [6, 6.07) is 5.16. The molecule has 6 heteroatoms. The Morgan fingerprint density at radius 2 is 2.00 bits per heavy atom. The molecule has 0 spiro atoms. The maximum Gasteiger partial charge on any atom is 0.407 e. The van der Waals surface area contributed by atoms with Crippen molar-refractivity contribution in [2.24, 2.45) is 0 Å². The number of halogens is 1. The zero-order chi connectivity index (χ0) is 16.8. The number of rotatable bonds is 4. The van der Waals surface area contributed by atoms with Gasteiger partial charge in [-0.25, -0.2) is 9.59 Å². The summed E-state index contributed by atoms with van der Waals surface area (Å²) < 4.78 is 10.5. The lowest BCUT2D eigenvalue weighted by molar-refractivity contribution is 0.0532. The molecule has 0 aliphatic rings. The number of methoxy groups -OCH3 is 1. The summed E-state index contributed by atoms with van der Waals surface area (Å²) in [6.07, 6.45) is 3.17. The van der Waals surface area contributed by atoms with E-state index in [0.717, 1.165) is 10.0 Å². The third-order valence-corrected chi connectivity index (χ3v) is 3.17. The molecule has 1 aromatic carbocycles. The number of benzene rings is 1. The highest BCUT2D eigenvalue weighted by atomic mass is 79.9. The van der Waals surface area contributed by atoms with E-state index in [2.05, 4.69) is 26.0 Å². The number of carbonyl (C=O) groups excluding carboxylic acids is 2. The first-order valence-corrected chi connectivity index (χ1v) is 7.53. The third kappa shape index (κ3) is 6.30. The van der Waals surface area contributed by atoms with Gasteiger partial charge < -0.3 is 14.8 Å². The maximum absolute atomic E-state index is 11.5. The van der Waals surface area contributed by atoms with Crippen LogP contribution in [-0.4, -0.2) is 31.3 Å². The Hall–Kier alpha value is -1.82. The second kappa shape index (κ2) is 7.98. The van der Waals surface area contributed by atoms with E-state index in [9.17, 15) is 9.59 Å². The minimum atomic E-state index is -0.513. The lowest BCUT2D eigenvalue weighted by atomic mass is 10.1. The molecule has 0 saturated heterocycles. The molecule has 0 aliphatic carbocycles. The van der Waals surface area contributed by atoms with Gasteiger partial charge in [0.1, 0.15) is 5.60 Å². The van der Waals surface area contributed by atoms with E-state index in [4.69, 9.17) is 4.74 Å². The fraction of sp³-hybridized carbons (Fsp3) is 0.375. The van der Waals surface area contributed by atoms with Crippen molar-refractivity contribution in [2.75, 3.05) is 13.7 Å². The van der Waals surface area contributed by atoms with Crippen molar-refractivity contribution in [3.05, 3.63) is 39.9 Å². The molecule has 0 saturated carbocycles. The monoisotopic (exact) mass is 369 g/mol. The molecule has 0 radical (unpaired) electrons. The second-order valence-electron chi connectivity index (χ2n) is 5.51. The number of hydrogen-bond donors (Lipinski definition) is 1. The zero-order valence-electron chi connectivity index (χ0n) is 13.1. The Morgan fingerprint density at radius 1 is 1.32 bits per heavy atom. The van der Waals surface area contributed by atoms with E-state index in [1.54, 1.807) is 24.3 Å². The van der Waals surface area contributed by atoms with Gasteiger partial charge in [0.25, 0.3) is 0 Å². The van der Waals surface area contributed by atoms with Crippen molar-refractivity contribution < 1.29 is 19.1 Å². The van der Waals surface area contributed by atoms with E-state index >= 15 is 0 Å². The quantitative estimate of drug-likeness (QED) is 0.820. The Kier molecular flexibility index (Phi) is 6.61. The van der Waals surface area contributed by atoms with Gasteiger partial charge in [0.05, 0.1) is 12.7 Å². The molecule has 0 aromatic heterocycles. The molecule has 0 atom stereocenters. The van der Waals surface area contributed by atoms with Gasteiger partial charge in [-0.15, -0.1) is 0 Å². The minimum Gasteiger partial charge on any atom is -0.465 e. The van der Waals surface area contributed by atoms with Crippen LogP contribution in [0, 0.1) is 0 Å². The summed E-state index contributed by atoms with van der Waals surface area (Å²) in [7, 11) is 1.34. The number of esters is 1. The first-order valence-electron chi connectivity index (χ1n) is 6.74. The van der Waals surface area contributed by atoms with Gasteiger partial charge in [-0.05, 0) is 38.5 Å². The summed E-state index contributed by atoms with van der Waals surface area (Å²) >= 11 is 3.39. The van der Waals surface area contributed by atoms with E-state index in [0.29, 0.717) is 12.1 Å². The Labute approximate surface area is 138 Å². The van der Waals surface area contributed by atoms with Crippen LogP contribution in [0.15, 0.2) is 28.7 Å². The average molecular weight is 370 g/mol. The first-order chi connectivity index (χ1) is 10.2. The number of nitrogens with one attached hydrogen (secondary N) is 1. The van der Waals surface area contributed by atoms with Crippen LogP contribution in [0.2, 0.25) is 0 Å². The standard InChI is InChI=1S/C16H20BrNO4/c1-16(2,3)22-15(20)18-9-5-6-11-7-8-12(10-13(11)17)14(19)21-4/h5-8,10H,9H2,1-4H3,(H,18,20). The van der Waals surface area contributed by atoms with Crippen molar-refractivity contribution in [1.29, 1.82) is 0 Å². The normalized spacial score (nSPS) is 11.3. The lowest BCUT2D eigenvalue weighted by Crippen LogP contribution is -2.32. The third-order valence-electron chi connectivity index (χ3n) is 2.48. The maximum atomic E-state index is 11.5. The van der Waals surface area contributed by atoms with Gasteiger partial charge in [-0.1, -0.05) is 34.1 Å². The van der Waals surface area contributed by atoms with Crippen LogP contribution in [0.1, 0.15) is 36.7 Å². The summed E-state index contributed by atoms with van der Waals surface area (Å²) in [5, 5.41) is 2.63. The Balaban J connectivity index is 2.57. The van der Waals surface area contributed by atoms with Gasteiger partial charge in [-0.2, -0.15) is 0 Å². The van der Waals surface area contributed by atoms with Crippen LogP contribution >= 0.6 is 15.9 Å². The molecule has 1 aromatic rings. The summed E-state index contributed by atoms with van der Waals surface area (Å²) in [5.74, 6) is -0.386. The van der Waals surface area contributed by atoms with E-state index in [1.165, 1.54) is 7.11 Å². The van der Waals surface area contributed by atoms with Crippen LogP contribution < -0.4 is 5.32 Å². The van der Waals surface area contributed by atoms with Gasteiger partial charge >= 0.3 is 12.1 Å². The first kappa shape index (κ1) is 18.2. The molecule has 22 heavy (non-hydrogen) atoms. The van der Waals surface area contributed by atoms with Crippen molar-refractivity contribution in [1.82, 2.24) is 5.32 Å². The van der Waals surface area contributed by atoms with Crippen molar-refractivity contribution in [3.8, 4) is 0 Å². The number of amides is 1. The molecule has 120 valence electrons. The predicted octanol–water partition coefficient (Wildman–Crippen LogP) is 3.77. The Bertz CT molecular complexity index is 576. The van der Waals surface area contributed by atoms with E-state index < -0.39 is 11.7 Å². The van der Waals surface area contributed by atoms with Crippen LogP contribution in [0.3, 0.4) is 0 Å². The molecule has 0 unspecified atom stereocenters. The number of ether oxygens (including phenoxy) is 2. The summed E-state index contributed by atoms with van der Waals surface area (Å²) in [5.41, 5.74) is 0.845. The van der Waals surface area contributed by atoms with Crippen molar-refractivity contribution in [3.63, 3.8) is 0 Å². The predicted molar refractivity (Wildman–Crippen MR) is 88.8 cm³/mol. The summed E-state index contributed by atoms with van der Waals surface area (Å²) in [4.78, 5) is 22.9. The molecular formula is C16H20BrNO4. The lowest BCUT2D eigenvalue weighted by Gasteiger charge is -2.19. The smallest absolute Gasteiger partial charge is 0.407 e. The van der Waals surface area contributed by atoms with Crippen LogP contribution in [0.5, 0.6) is 0 Å². The molecule has 1 rings (SSSR count).